The van der Waals surface area contributed by atoms with Crippen LogP contribution in [0.5, 0.6) is 0 Å². The van der Waals surface area contributed by atoms with E-state index in [4.69, 9.17) is 17.3 Å². The first-order valence-electron chi connectivity index (χ1n) is 8.96. The molecule has 0 aromatic heterocycles. The molecule has 1 saturated carbocycles. The topological polar surface area (TPSA) is 87.5 Å². The molecule has 1 aromatic rings. The molecule has 0 radical (unpaired) electrons. The van der Waals surface area contributed by atoms with Crippen LogP contribution >= 0.6 is 11.6 Å². The fraction of sp³-hybridized carbons (Fsp3) is 0.556. The second-order valence-corrected chi connectivity index (χ2v) is 7.17. The van der Waals surface area contributed by atoms with E-state index in [2.05, 4.69) is 10.6 Å². The summed E-state index contributed by atoms with van der Waals surface area (Å²) in [6, 6.07) is 4.82. The number of rotatable bonds is 5. The van der Waals surface area contributed by atoms with Crippen LogP contribution in [0.1, 0.15) is 42.5 Å². The molecule has 3 rings (SSSR count). The lowest BCUT2D eigenvalue weighted by Crippen LogP contribution is -2.46. The Morgan fingerprint density at radius 3 is 2.76 bits per heavy atom. The lowest BCUT2D eigenvalue weighted by atomic mass is 9.84. The van der Waals surface area contributed by atoms with Gasteiger partial charge in [-0.05, 0) is 37.0 Å². The number of amides is 3. The first-order valence-corrected chi connectivity index (χ1v) is 9.34. The van der Waals surface area contributed by atoms with Gasteiger partial charge in [0.05, 0.1) is 10.7 Å². The summed E-state index contributed by atoms with van der Waals surface area (Å²) in [6.45, 7) is 1.55. The number of hydrogen-bond donors (Lipinski definition) is 3. The number of nitrogens with zero attached hydrogens (tertiary/aromatic N) is 1. The maximum atomic E-state index is 12.7. The molecule has 1 aliphatic carbocycles. The minimum absolute atomic E-state index is 0.0120. The van der Waals surface area contributed by atoms with Crippen LogP contribution in [0.2, 0.25) is 5.02 Å². The Labute approximate surface area is 153 Å². The molecular weight excluding hydrogens is 340 g/mol. The maximum Gasteiger partial charge on any atom is 0.322 e. The second kappa shape index (κ2) is 8.06. The van der Waals surface area contributed by atoms with E-state index in [-0.39, 0.29) is 18.0 Å². The van der Waals surface area contributed by atoms with Crippen molar-refractivity contribution in [1.29, 1.82) is 0 Å². The van der Waals surface area contributed by atoms with Gasteiger partial charge in [0.15, 0.2) is 0 Å². The van der Waals surface area contributed by atoms with Crippen LogP contribution in [-0.4, -0.2) is 37.6 Å². The summed E-state index contributed by atoms with van der Waals surface area (Å²) < 4.78 is 0. The minimum atomic E-state index is -0.193. The number of urea groups is 1. The normalized spacial score (nSPS) is 19.6. The summed E-state index contributed by atoms with van der Waals surface area (Å²) in [5, 5.41) is 6.27. The van der Waals surface area contributed by atoms with Gasteiger partial charge in [-0.1, -0.05) is 30.9 Å². The standard InChI is InChI=1S/C18H25ClN4O2/c19-14-7-6-13(10-16(14)23-9-8-21-18(23)25)17(24)22-15(11-20)12-4-2-1-3-5-12/h6-7,10,12,15H,1-5,8-9,11,20H2,(H,21,25)(H,22,24). The zero-order chi connectivity index (χ0) is 17.8. The van der Waals surface area contributed by atoms with Gasteiger partial charge in [0.2, 0.25) is 0 Å². The average molecular weight is 365 g/mol. The first kappa shape index (κ1) is 18.0. The predicted octanol–water partition coefficient (Wildman–Crippen LogP) is 2.51. The number of benzene rings is 1. The third-order valence-corrected chi connectivity index (χ3v) is 5.46. The number of carbonyl (C=O) groups excluding carboxylic acids is 2. The number of hydrogen-bond acceptors (Lipinski definition) is 3. The van der Waals surface area contributed by atoms with Crippen LogP contribution in [0.3, 0.4) is 0 Å². The fourth-order valence-electron chi connectivity index (χ4n) is 3.72. The van der Waals surface area contributed by atoms with Crippen LogP contribution in [0.15, 0.2) is 18.2 Å². The molecule has 4 N–H and O–H groups in total. The zero-order valence-electron chi connectivity index (χ0n) is 14.3. The van der Waals surface area contributed by atoms with Crippen molar-refractivity contribution in [3.63, 3.8) is 0 Å². The van der Waals surface area contributed by atoms with E-state index in [1.807, 2.05) is 0 Å². The summed E-state index contributed by atoms with van der Waals surface area (Å²) in [4.78, 5) is 26.1. The summed E-state index contributed by atoms with van der Waals surface area (Å²) in [5.41, 5.74) is 6.96. The van der Waals surface area contributed by atoms with E-state index in [0.29, 0.717) is 41.8 Å². The number of halogens is 1. The molecule has 2 aliphatic rings. The molecule has 0 bridgehead atoms. The van der Waals surface area contributed by atoms with Crippen LogP contribution in [-0.2, 0) is 0 Å². The van der Waals surface area contributed by atoms with Crippen molar-refractivity contribution in [2.45, 2.75) is 38.1 Å². The molecule has 1 unspecified atom stereocenters. The van der Waals surface area contributed by atoms with E-state index < -0.39 is 0 Å². The number of carbonyl (C=O) groups is 2. The van der Waals surface area contributed by atoms with Gasteiger partial charge < -0.3 is 16.4 Å². The van der Waals surface area contributed by atoms with Gasteiger partial charge in [-0.3, -0.25) is 9.69 Å². The van der Waals surface area contributed by atoms with E-state index in [0.717, 1.165) is 12.8 Å². The van der Waals surface area contributed by atoms with Crippen molar-refractivity contribution < 1.29 is 9.59 Å². The van der Waals surface area contributed by atoms with Crippen LogP contribution < -0.4 is 21.3 Å². The molecule has 0 spiro atoms. The van der Waals surface area contributed by atoms with E-state index in [1.165, 1.54) is 19.3 Å². The van der Waals surface area contributed by atoms with Gasteiger partial charge in [0.1, 0.15) is 0 Å². The monoisotopic (exact) mass is 364 g/mol. The van der Waals surface area contributed by atoms with Crippen molar-refractivity contribution in [2.24, 2.45) is 11.7 Å². The second-order valence-electron chi connectivity index (χ2n) is 6.76. The summed E-state index contributed by atoms with van der Waals surface area (Å²) in [7, 11) is 0. The van der Waals surface area contributed by atoms with Crippen molar-refractivity contribution in [2.75, 3.05) is 24.5 Å². The van der Waals surface area contributed by atoms with Crippen molar-refractivity contribution in [3.8, 4) is 0 Å². The van der Waals surface area contributed by atoms with E-state index >= 15 is 0 Å². The predicted molar refractivity (Wildman–Crippen MR) is 99.1 cm³/mol. The molecule has 1 aromatic carbocycles. The highest BCUT2D eigenvalue weighted by Gasteiger charge is 2.26. The first-order chi connectivity index (χ1) is 12.1. The largest absolute Gasteiger partial charge is 0.348 e. The van der Waals surface area contributed by atoms with Gasteiger partial charge in [-0.15, -0.1) is 0 Å². The average Bonchev–Trinajstić information content (AvgIpc) is 3.06. The smallest absolute Gasteiger partial charge is 0.322 e. The minimum Gasteiger partial charge on any atom is -0.348 e. The molecule has 25 heavy (non-hydrogen) atoms. The molecule has 136 valence electrons. The highest BCUT2D eigenvalue weighted by molar-refractivity contribution is 6.34. The maximum absolute atomic E-state index is 12.7. The van der Waals surface area contributed by atoms with Gasteiger partial charge in [0, 0.05) is 31.2 Å². The molecule has 7 heteroatoms. The number of anilines is 1. The third-order valence-electron chi connectivity index (χ3n) is 5.15. The van der Waals surface area contributed by atoms with Gasteiger partial charge in [0.25, 0.3) is 5.91 Å². The van der Waals surface area contributed by atoms with Crippen LogP contribution in [0.25, 0.3) is 0 Å². The molecule has 1 heterocycles. The number of nitrogens with one attached hydrogen (secondary N) is 2. The molecule has 1 aliphatic heterocycles. The van der Waals surface area contributed by atoms with E-state index in [1.54, 1.807) is 23.1 Å². The summed E-state index contributed by atoms with van der Waals surface area (Å²) in [5.74, 6) is 0.275. The molecular formula is C18H25ClN4O2. The van der Waals surface area contributed by atoms with Crippen molar-refractivity contribution >= 4 is 29.2 Å². The van der Waals surface area contributed by atoms with E-state index in [9.17, 15) is 9.59 Å². The number of nitrogens with two attached hydrogens (primary N) is 1. The lowest BCUT2D eigenvalue weighted by molar-refractivity contribution is 0.0915. The molecule has 2 fully saturated rings. The van der Waals surface area contributed by atoms with Gasteiger partial charge >= 0.3 is 6.03 Å². The fourth-order valence-corrected chi connectivity index (χ4v) is 3.94. The Morgan fingerprint density at radius 2 is 2.12 bits per heavy atom. The Bertz CT molecular complexity index is 646. The molecule has 1 saturated heterocycles. The highest BCUT2D eigenvalue weighted by atomic mass is 35.5. The van der Waals surface area contributed by atoms with Crippen LogP contribution in [0.4, 0.5) is 10.5 Å². The molecule has 3 amide bonds. The SMILES string of the molecule is NCC(NC(=O)c1ccc(Cl)c(N2CCNC2=O)c1)C1CCCCC1. The summed E-state index contributed by atoms with van der Waals surface area (Å²) in [6.07, 6.45) is 5.89. The van der Waals surface area contributed by atoms with Crippen molar-refractivity contribution in [1.82, 2.24) is 10.6 Å². The van der Waals surface area contributed by atoms with Crippen LogP contribution in [0, 0.1) is 5.92 Å². The quantitative estimate of drug-likeness (QED) is 0.750. The highest BCUT2D eigenvalue weighted by Crippen LogP contribution is 2.29. The third kappa shape index (κ3) is 4.07. The zero-order valence-corrected chi connectivity index (χ0v) is 15.0. The Balaban J connectivity index is 1.74. The molecule has 6 nitrogen and oxygen atoms in total. The van der Waals surface area contributed by atoms with Gasteiger partial charge in [-0.2, -0.15) is 0 Å². The molecule has 1 atom stereocenters. The summed E-state index contributed by atoms with van der Waals surface area (Å²) >= 11 is 6.23. The van der Waals surface area contributed by atoms with Gasteiger partial charge in [-0.25, -0.2) is 4.79 Å². The Hall–Kier alpha value is -1.79. The Kier molecular flexibility index (Phi) is 5.81. The van der Waals surface area contributed by atoms with Crippen molar-refractivity contribution in [3.05, 3.63) is 28.8 Å². The Morgan fingerprint density at radius 1 is 1.36 bits per heavy atom. The lowest BCUT2D eigenvalue weighted by Gasteiger charge is -2.30.